The van der Waals surface area contributed by atoms with E-state index in [-0.39, 0.29) is 18.3 Å². The SMILES string of the molecule is C[C@@H](Sc1nc2ccccc2c(=O)n1CCC[NH+]1CCOCC1)C(=O)NCc1ccc2c(c1)OCO2. The van der Waals surface area contributed by atoms with Crippen molar-refractivity contribution in [2.75, 3.05) is 39.6 Å². The minimum atomic E-state index is -0.428. The van der Waals surface area contributed by atoms with Crippen molar-refractivity contribution in [3.05, 3.63) is 58.4 Å². The van der Waals surface area contributed by atoms with E-state index < -0.39 is 5.25 Å². The molecule has 2 aliphatic heterocycles. The van der Waals surface area contributed by atoms with Crippen molar-refractivity contribution < 1.29 is 23.9 Å². The topological polar surface area (TPSA) is 96.1 Å². The summed E-state index contributed by atoms with van der Waals surface area (Å²) in [4.78, 5) is 32.5. The molecule has 2 N–H and O–H groups in total. The maximum Gasteiger partial charge on any atom is 0.262 e. The molecule has 5 rings (SSSR count). The summed E-state index contributed by atoms with van der Waals surface area (Å²) >= 11 is 1.32. The predicted molar refractivity (Wildman–Crippen MR) is 137 cm³/mol. The quantitative estimate of drug-likeness (QED) is 0.330. The third-order valence-corrected chi connectivity index (χ3v) is 7.58. The fourth-order valence-corrected chi connectivity index (χ4v) is 5.39. The van der Waals surface area contributed by atoms with Gasteiger partial charge < -0.3 is 24.4 Å². The number of nitrogens with zero attached hydrogens (tertiary/aromatic N) is 2. The van der Waals surface area contributed by atoms with Crippen LogP contribution in [0.25, 0.3) is 10.9 Å². The molecule has 0 aliphatic carbocycles. The lowest BCUT2D eigenvalue weighted by Gasteiger charge is -2.24. The third kappa shape index (κ3) is 5.66. The zero-order valence-electron chi connectivity index (χ0n) is 20.3. The van der Waals surface area contributed by atoms with Gasteiger partial charge >= 0.3 is 0 Å². The van der Waals surface area contributed by atoms with Gasteiger partial charge in [-0.1, -0.05) is 30.0 Å². The Labute approximate surface area is 213 Å². The zero-order valence-corrected chi connectivity index (χ0v) is 21.1. The predicted octanol–water partition coefficient (Wildman–Crippen LogP) is 1.23. The maximum atomic E-state index is 13.3. The van der Waals surface area contributed by atoms with Crippen LogP contribution >= 0.6 is 11.8 Å². The number of hydrogen-bond acceptors (Lipinski definition) is 7. The van der Waals surface area contributed by atoms with Gasteiger partial charge in [-0.2, -0.15) is 0 Å². The molecule has 3 aromatic rings. The van der Waals surface area contributed by atoms with Crippen LogP contribution < -0.4 is 25.2 Å². The van der Waals surface area contributed by atoms with E-state index in [1.165, 1.54) is 16.7 Å². The molecule has 0 bridgehead atoms. The van der Waals surface area contributed by atoms with E-state index in [4.69, 9.17) is 19.2 Å². The molecule has 1 atom stereocenters. The summed E-state index contributed by atoms with van der Waals surface area (Å²) in [7, 11) is 0. The Kier molecular flexibility index (Phi) is 7.74. The molecule has 1 amide bonds. The van der Waals surface area contributed by atoms with Crippen LogP contribution in [-0.2, 0) is 22.6 Å². The molecule has 2 aromatic carbocycles. The second-order valence-corrected chi connectivity index (χ2v) is 10.3. The number of fused-ring (bicyclic) bond motifs is 2. The standard InChI is InChI=1S/C26H30N4O5S/c1-18(24(31)27-16-19-7-8-22-23(15-19)35-17-34-22)36-26-28-21-6-3-2-5-20(21)25(32)30(26)10-4-9-29-11-13-33-14-12-29/h2-3,5-8,15,18H,4,9-14,16-17H2,1H3,(H,27,31)/p+1/t18-/m1/s1. The summed E-state index contributed by atoms with van der Waals surface area (Å²) in [6.45, 7) is 7.52. The van der Waals surface area contributed by atoms with Crippen LogP contribution in [0.5, 0.6) is 11.5 Å². The number of carbonyl (C=O) groups excluding carboxylic acids is 1. The number of carbonyl (C=O) groups is 1. The van der Waals surface area contributed by atoms with Crippen LogP contribution in [0.3, 0.4) is 0 Å². The van der Waals surface area contributed by atoms with Gasteiger partial charge in [0.15, 0.2) is 16.7 Å². The first-order valence-electron chi connectivity index (χ1n) is 12.3. The molecule has 1 aromatic heterocycles. The van der Waals surface area contributed by atoms with Crippen LogP contribution in [0.15, 0.2) is 52.4 Å². The third-order valence-electron chi connectivity index (χ3n) is 6.49. The van der Waals surface area contributed by atoms with E-state index in [0.29, 0.717) is 40.6 Å². The van der Waals surface area contributed by atoms with Crippen molar-refractivity contribution in [1.29, 1.82) is 0 Å². The molecule has 9 nitrogen and oxygen atoms in total. The first kappa shape index (κ1) is 24.6. The molecule has 0 spiro atoms. The average Bonchev–Trinajstić information content (AvgIpc) is 3.37. The highest BCUT2D eigenvalue weighted by Gasteiger charge is 2.21. The van der Waals surface area contributed by atoms with Gasteiger partial charge in [0.1, 0.15) is 13.1 Å². The summed E-state index contributed by atoms with van der Waals surface area (Å²) in [6, 6.07) is 13.0. The summed E-state index contributed by atoms with van der Waals surface area (Å²) < 4.78 is 17.9. The van der Waals surface area contributed by atoms with Gasteiger partial charge in [-0.05, 0) is 36.8 Å². The summed E-state index contributed by atoms with van der Waals surface area (Å²) in [6.07, 6.45) is 0.855. The van der Waals surface area contributed by atoms with Crippen molar-refractivity contribution in [3.8, 4) is 11.5 Å². The molecule has 1 saturated heterocycles. The summed E-state index contributed by atoms with van der Waals surface area (Å²) in [5.41, 5.74) is 1.51. The zero-order chi connectivity index (χ0) is 24.9. The molecule has 0 unspecified atom stereocenters. The number of nitrogens with one attached hydrogen (secondary N) is 2. The number of hydrogen-bond donors (Lipinski definition) is 2. The van der Waals surface area contributed by atoms with E-state index in [1.807, 2.05) is 49.4 Å². The van der Waals surface area contributed by atoms with Gasteiger partial charge in [0.2, 0.25) is 12.7 Å². The number of rotatable bonds is 9. The van der Waals surface area contributed by atoms with Gasteiger partial charge in [-0.15, -0.1) is 0 Å². The normalized spacial score (nSPS) is 16.2. The Hall–Kier alpha value is -3.08. The van der Waals surface area contributed by atoms with Gasteiger partial charge in [-0.25, -0.2) is 4.98 Å². The number of amides is 1. The molecular weight excluding hydrogens is 480 g/mol. The highest BCUT2D eigenvalue weighted by atomic mass is 32.2. The minimum absolute atomic E-state index is 0.0620. The van der Waals surface area contributed by atoms with E-state index in [0.717, 1.165) is 44.8 Å². The molecule has 0 saturated carbocycles. The summed E-state index contributed by atoms with van der Waals surface area (Å²) in [5, 5.41) is 3.72. The minimum Gasteiger partial charge on any atom is -0.454 e. The fourth-order valence-electron chi connectivity index (χ4n) is 4.43. The molecule has 3 heterocycles. The van der Waals surface area contributed by atoms with Gasteiger partial charge in [0, 0.05) is 19.5 Å². The lowest BCUT2D eigenvalue weighted by Crippen LogP contribution is -3.14. The lowest BCUT2D eigenvalue weighted by molar-refractivity contribution is -0.908. The molecular formula is C26H31N4O5S+. The van der Waals surface area contributed by atoms with Crippen LogP contribution in [0.1, 0.15) is 18.9 Å². The van der Waals surface area contributed by atoms with Gasteiger partial charge in [0.25, 0.3) is 5.56 Å². The van der Waals surface area contributed by atoms with Crippen molar-refractivity contribution >= 4 is 28.6 Å². The number of ether oxygens (including phenoxy) is 3. The highest BCUT2D eigenvalue weighted by Crippen LogP contribution is 2.32. The van der Waals surface area contributed by atoms with E-state index >= 15 is 0 Å². The monoisotopic (exact) mass is 511 g/mol. The first-order valence-corrected chi connectivity index (χ1v) is 13.2. The Morgan fingerprint density at radius 2 is 1.97 bits per heavy atom. The van der Waals surface area contributed by atoms with Crippen LogP contribution in [-0.4, -0.2) is 60.3 Å². The van der Waals surface area contributed by atoms with E-state index in [9.17, 15) is 9.59 Å². The smallest absolute Gasteiger partial charge is 0.262 e. The number of quaternary nitrogens is 1. The van der Waals surface area contributed by atoms with Crippen LogP contribution in [0, 0.1) is 0 Å². The van der Waals surface area contributed by atoms with Crippen LogP contribution in [0.2, 0.25) is 0 Å². The second-order valence-electron chi connectivity index (χ2n) is 9.00. The molecule has 36 heavy (non-hydrogen) atoms. The molecule has 1 fully saturated rings. The molecule has 0 radical (unpaired) electrons. The number of para-hydroxylation sites is 1. The fraction of sp³-hybridized carbons (Fsp3) is 0.423. The Morgan fingerprint density at radius 3 is 2.83 bits per heavy atom. The number of thioether (sulfide) groups is 1. The number of aromatic nitrogens is 2. The van der Waals surface area contributed by atoms with Gasteiger partial charge in [-0.3, -0.25) is 14.2 Å². The average molecular weight is 512 g/mol. The van der Waals surface area contributed by atoms with Crippen molar-refractivity contribution in [2.45, 2.75) is 36.8 Å². The van der Waals surface area contributed by atoms with Gasteiger partial charge in [0.05, 0.1) is 35.9 Å². The molecule has 10 heteroatoms. The maximum absolute atomic E-state index is 13.3. The Morgan fingerprint density at radius 1 is 1.17 bits per heavy atom. The number of benzene rings is 2. The van der Waals surface area contributed by atoms with Crippen molar-refractivity contribution in [1.82, 2.24) is 14.9 Å². The van der Waals surface area contributed by atoms with Crippen molar-refractivity contribution in [3.63, 3.8) is 0 Å². The first-order chi connectivity index (χ1) is 17.6. The molecule has 190 valence electrons. The molecule has 2 aliphatic rings. The van der Waals surface area contributed by atoms with Crippen molar-refractivity contribution in [2.24, 2.45) is 0 Å². The summed E-state index contributed by atoms with van der Waals surface area (Å²) in [5.74, 6) is 1.28. The van der Waals surface area contributed by atoms with E-state index in [2.05, 4.69) is 5.32 Å². The second kappa shape index (κ2) is 11.3. The Balaban J connectivity index is 1.27. The van der Waals surface area contributed by atoms with E-state index in [1.54, 1.807) is 4.57 Å². The lowest BCUT2D eigenvalue weighted by atomic mass is 10.2. The highest BCUT2D eigenvalue weighted by molar-refractivity contribution is 8.00. The largest absolute Gasteiger partial charge is 0.454 e. The Bertz CT molecular complexity index is 1290. The number of morpholine rings is 1. The van der Waals surface area contributed by atoms with Crippen LogP contribution in [0.4, 0.5) is 0 Å².